The molecule has 18 heavy (non-hydrogen) atoms. The van der Waals surface area contributed by atoms with Gasteiger partial charge in [0, 0.05) is 18.0 Å². The molecule has 0 saturated heterocycles. The summed E-state index contributed by atoms with van der Waals surface area (Å²) < 4.78 is 38.6. The summed E-state index contributed by atoms with van der Waals surface area (Å²) in [7, 11) is 0. The van der Waals surface area contributed by atoms with E-state index >= 15 is 0 Å². The van der Waals surface area contributed by atoms with Gasteiger partial charge in [0.25, 0.3) is 5.91 Å². The number of nitrogens with one attached hydrogen (secondary N) is 1. The Labute approximate surface area is 108 Å². The van der Waals surface area contributed by atoms with Gasteiger partial charge < -0.3 is 5.32 Å². The molecule has 1 N–H and O–H groups in total. The van der Waals surface area contributed by atoms with Crippen LogP contribution < -0.4 is 5.32 Å². The van der Waals surface area contributed by atoms with Gasteiger partial charge in [-0.1, -0.05) is 13.8 Å². The molecule has 0 heterocycles. The topological polar surface area (TPSA) is 29.1 Å². The maximum absolute atomic E-state index is 12.9. The van der Waals surface area contributed by atoms with E-state index in [0.29, 0.717) is 18.0 Å². The van der Waals surface area contributed by atoms with E-state index in [0.717, 1.165) is 0 Å². The number of hydrogen-bond donors (Lipinski definition) is 1. The van der Waals surface area contributed by atoms with Gasteiger partial charge >= 0.3 is 0 Å². The minimum atomic E-state index is -1.59. The summed E-state index contributed by atoms with van der Waals surface area (Å²) in [4.78, 5) is 11.6. The Morgan fingerprint density at radius 1 is 1.28 bits per heavy atom. The van der Waals surface area contributed by atoms with Crippen LogP contribution in [-0.2, 0) is 0 Å². The summed E-state index contributed by atoms with van der Waals surface area (Å²) in [6.45, 7) is 3.90. The second kappa shape index (κ2) is 5.61. The van der Waals surface area contributed by atoms with Crippen LogP contribution in [0.5, 0.6) is 0 Å². The van der Waals surface area contributed by atoms with Crippen LogP contribution in [0.25, 0.3) is 0 Å². The summed E-state index contributed by atoms with van der Waals surface area (Å²) in [5.74, 6) is -4.73. The summed E-state index contributed by atoms with van der Waals surface area (Å²) in [5, 5.41) is 2.48. The molecule has 0 spiro atoms. The van der Waals surface area contributed by atoms with Gasteiger partial charge in [0.1, 0.15) is 0 Å². The Morgan fingerprint density at radius 3 is 2.22 bits per heavy atom. The van der Waals surface area contributed by atoms with Crippen LogP contribution in [0.2, 0.25) is 0 Å². The molecule has 0 aromatic heterocycles. The van der Waals surface area contributed by atoms with Crippen molar-refractivity contribution in [3.8, 4) is 0 Å². The zero-order valence-corrected chi connectivity index (χ0v) is 10.7. The van der Waals surface area contributed by atoms with Gasteiger partial charge in [-0.15, -0.1) is 11.6 Å². The fourth-order valence-corrected chi connectivity index (χ4v) is 1.25. The molecule has 0 aliphatic carbocycles. The van der Waals surface area contributed by atoms with Gasteiger partial charge in [-0.05, 0) is 17.5 Å². The number of amides is 1. The average molecular weight is 280 g/mol. The zero-order chi connectivity index (χ0) is 13.9. The van der Waals surface area contributed by atoms with Crippen molar-refractivity contribution in [1.29, 1.82) is 0 Å². The van der Waals surface area contributed by atoms with E-state index < -0.39 is 23.4 Å². The predicted octanol–water partition coefficient (Wildman–Crippen LogP) is 3.10. The molecule has 2 nitrogen and oxygen atoms in total. The quantitative estimate of drug-likeness (QED) is 0.666. The Morgan fingerprint density at radius 2 is 1.78 bits per heavy atom. The molecule has 1 aromatic carbocycles. The molecule has 1 aromatic rings. The first kappa shape index (κ1) is 14.8. The lowest BCUT2D eigenvalue weighted by Crippen LogP contribution is -2.35. The van der Waals surface area contributed by atoms with Crippen molar-refractivity contribution in [3.05, 3.63) is 35.1 Å². The highest BCUT2D eigenvalue weighted by Gasteiger charge is 2.19. The van der Waals surface area contributed by atoms with E-state index in [4.69, 9.17) is 11.6 Å². The minimum Gasteiger partial charge on any atom is -0.351 e. The first-order valence-corrected chi connectivity index (χ1v) is 5.79. The van der Waals surface area contributed by atoms with E-state index in [9.17, 15) is 18.0 Å². The van der Waals surface area contributed by atoms with Gasteiger partial charge in [0.15, 0.2) is 17.5 Å². The van der Waals surface area contributed by atoms with Crippen molar-refractivity contribution in [2.75, 3.05) is 12.4 Å². The first-order chi connectivity index (χ1) is 8.26. The molecule has 0 fully saturated rings. The Balaban J connectivity index is 2.80. The lowest BCUT2D eigenvalue weighted by molar-refractivity contribution is 0.0938. The predicted molar refractivity (Wildman–Crippen MR) is 63.2 cm³/mol. The summed E-state index contributed by atoms with van der Waals surface area (Å²) in [5.41, 5.74) is -0.606. The third kappa shape index (κ3) is 3.63. The van der Waals surface area contributed by atoms with Crippen LogP contribution in [0.4, 0.5) is 13.2 Å². The molecule has 0 bridgehead atoms. The van der Waals surface area contributed by atoms with Crippen LogP contribution >= 0.6 is 11.6 Å². The summed E-state index contributed by atoms with van der Waals surface area (Å²) in [6, 6.07) is 1.31. The number of alkyl halides is 1. The lowest BCUT2D eigenvalue weighted by Gasteiger charge is -2.21. The monoisotopic (exact) mass is 279 g/mol. The molecule has 0 unspecified atom stereocenters. The van der Waals surface area contributed by atoms with Crippen molar-refractivity contribution in [2.45, 2.75) is 13.8 Å². The second-order valence-corrected chi connectivity index (χ2v) is 5.00. The number of benzene rings is 1. The molecule has 0 aliphatic heterocycles. The van der Waals surface area contributed by atoms with Gasteiger partial charge in [-0.25, -0.2) is 13.2 Å². The minimum absolute atomic E-state index is 0.246. The zero-order valence-electron chi connectivity index (χ0n) is 9.99. The molecular formula is C12H13ClF3NO. The van der Waals surface area contributed by atoms with Gasteiger partial charge in [-0.2, -0.15) is 0 Å². The molecule has 1 amide bonds. The number of hydrogen-bond acceptors (Lipinski definition) is 1. The molecular weight excluding hydrogens is 267 g/mol. The summed E-state index contributed by atoms with van der Waals surface area (Å²) >= 11 is 5.67. The van der Waals surface area contributed by atoms with Crippen molar-refractivity contribution in [1.82, 2.24) is 5.32 Å². The molecule has 0 aliphatic rings. The van der Waals surface area contributed by atoms with E-state index in [2.05, 4.69) is 5.32 Å². The van der Waals surface area contributed by atoms with Crippen molar-refractivity contribution < 1.29 is 18.0 Å². The van der Waals surface area contributed by atoms with Crippen LogP contribution in [0.15, 0.2) is 12.1 Å². The fraction of sp³-hybridized carbons (Fsp3) is 0.417. The SMILES string of the molecule is CC(C)(CCl)CNC(=O)c1cc(F)c(F)c(F)c1. The highest BCUT2D eigenvalue weighted by atomic mass is 35.5. The number of rotatable bonds is 4. The van der Waals surface area contributed by atoms with E-state index in [1.165, 1.54) is 0 Å². The van der Waals surface area contributed by atoms with Crippen LogP contribution in [0, 0.1) is 22.9 Å². The second-order valence-electron chi connectivity index (χ2n) is 4.73. The standard InChI is InChI=1S/C12H13ClF3NO/c1-12(2,5-13)6-17-11(18)7-3-8(14)10(16)9(15)4-7/h3-4H,5-6H2,1-2H3,(H,17,18). The van der Waals surface area contributed by atoms with Crippen LogP contribution in [-0.4, -0.2) is 18.3 Å². The van der Waals surface area contributed by atoms with Gasteiger partial charge in [-0.3, -0.25) is 4.79 Å². The molecule has 1 rings (SSSR count). The Kier molecular flexibility index (Phi) is 4.62. The van der Waals surface area contributed by atoms with Gasteiger partial charge in [0.05, 0.1) is 0 Å². The van der Waals surface area contributed by atoms with Crippen molar-refractivity contribution >= 4 is 17.5 Å². The lowest BCUT2D eigenvalue weighted by atomic mass is 9.96. The van der Waals surface area contributed by atoms with Crippen LogP contribution in [0.1, 0.15) is 24.2 Å². The summed E-state index contributed by atoms with van der Waals surface area (Å²) in [6.07, 6.45) is 0. The first-order valence-electron chi connectivity index (χ1n) is 5.25. The maximum Gasteiger partial charge on any atom is 0.251 e. The fourth-order valence-electron chi connectivity index (χ4n) is 1.16. The van der Waals surface area contributed by atoms with E-state index in [1.54, 1.807) is 0 Å². The van der Waals surface area contributed by atoms with E-state index in [-0.39, 0.29) is 17.5 Å². The van der Waals surface area contributed by atoms with Crippen molar-refractivity contribution in [2.24, 2.45) is 5.41 Å². The normalized spacial score (nSPS) is 11.4. The molecule has 0 radical (unpaired) electrons. The van der Waals surface area contributed by atoms with Crippen molar-refractivity contribution in [3.63, 3.8) is 0 Å². The molecule has 0 atom stereocenters. The third-order valence-electron chi connectivity index (χ3n) is 2.34. The molecule has 100 valence electrons. The third-order valence-corrected chi connectivity index (χ3v) is 3.06. The number of carbonyl (C=O) groups excluding carboxylic acids is 1. The Bertz CT molecular complexity index is 440. The number of carbonyl (C=O) groups is 1. The van der Waals surface area contributed by atoms with E-state index in [1.807, 2.05) is 13.8 Å². The molecule has 6 heteroatoms. The largest absolute Gasteiger partial charge is 0.351 e. The van der Waals surface area contributed by atoms with Gasteiger partial charge in [0.2, 0.25) is 0 Å². The molecule has 0 saturated carbocycles. The highest BCUT2D eigenvalue weighted by Crippen LogP contribution is 2.16. The maximum atomic E-state index is 12.9. The average Bonchev–Trinajstić information content (AvgIpc) is 2.32. The highest BCUT2D eigenvalue weighted by molar-refractivity contribution is 6.18. The Hall–Kier alpha value is -1.23. The number of halogens is 4. The smallest absolute Gasteiger partial charge is 0.251 e. The van der Waals surface area contributed by atoms with Crippen LogP contribution in [0.3, 0.4) is 0 Å².